The molecule has 5 heteroatoms. The van der Waals surface area contributed by atoms with Crippen molar-refractivity contribution in [2.75, 3.05) is 40.0 Å². The van der Waals surface area contributed by atoms with Crippen LogP contribution in [0, 0.1) is 0 Å². The third-order valence-corrected chi connectivity index (χ3v) is 3.29. The molecule has 1 aliphatic rings. The lowest BCUT2D eigenvalue weighted by Gasteiger charge is -2.42. The van der Waals surface area contributed by atoms with E-state index in [1.807, 2.05) is 19.0 Å². The minimum atomic E-state index is 0.0127. The van der Waals surface area contributed by atoms with Crippen LogP contribution in [0.5, 0.6) is 5.75 Å². The Balaban J connectivity index is 2.08. The molecule has 0 atom stereocenters. The van der Waals surface area contributed by atoms with Crippen LogP contribution in [0.3, 0.4) is 0 Å². The molecule has 0 saturated carbocycles. The molecule has 0 unspecified atom stereocenters. The molecule has 0 radical (unpaired) electrons. The van der Waals surface area contributed by atoms with E-state index in [1.165, 1.54) is 0 Å². The summed E-state index contributed by atoms with van der Waals surface area (Å²) in [6.45, 7) is 1.53. The number of methoxy groups -OCH3 is 1. The number of nitrogen functional groups attached to an aromatic ring is 1. The first-order chi connectivity index (χ1) is 8.51. The second-order valence-electron chi connectivity index (χ2n) is 4.82. The van der Waals surface area contributed by atoms with Gasteiger partial charge in [0.25, 0.3) is 5.91 Å². The molecule has 1 fully saturated rings. The highest BCUT2D eigenvalue weighted by Gasteiger charge is 2.32. The van der Waals surface area contributed by atoms with Crippen molar-refractivity contribution in [1.29, 1.82) is 0 Å². The van der Waals surface area contributed by atoms with E-state index in [0.29, 0.717) is 23.0 Å². The molecular weight excluding hydrogens is 230 g/mol. The Labute approximate surface area is 107 Å². The number of hydrogen-bond acceptors (Lipinski definition) is 4. The van der Waals surface area contributed by atoms with Crippen LogP contribution in [0.4, 0.5) is 5.69 Å². The van der Waals surface area contributed by atoms with Crippen molar-refractivity contribution in [2.24, 2.45) is 0 Å². The number of amides is 1. The Morgan fingerprint density at radius 3 is 2.61 bits per heavy atom. The second-order valence-corrected chi connectivity index (χ2v) is 4.82. The van der Waals surface area contributed by atoms with Gasteiger partial charge in [-0.3, -0.25) is 4.79 Å². The van der Waals surface area contributed by atoms with Crippen LogP contribution in [0.15, 0.2) is 18.2 Å². The van der Waals surface area contributed by atoms with Gasteiger partial charge in [-0.25, -0.2) is 0 Å². The molecule has 2 rings (SSSR count). The molecule has 18 heavy (non-hydrogen) atoms. The number of carbonyl (C=O) groups is 1. The average molecular weight is 249 g/mol. The van der Waals surface area contributed by atoms with Crippen LogP contribution in [0.2, 0.25) is 0 Å². The summed E-state index contributed by atoms with van der Waals surface area (Å²) < 4.78 is 5.12. The highest BCUT2D eigenvalue weighted by molar-refractivity contribution is 5.96. The zero-order chi connectivity index (χ0) is 13.3. The maximum absolute atomic E-state index is 12.2. The van der Waals surface area contributed by atoms with Gasteiger partial charge in [-0.2, -0.15) is 0 Å². The van der Waals surface area contributed by atoms with Gasteiger partial charge >= 0.3 is 0 Å². The van der Waals surface area contributed by atoms with E-state index < -0.39 is 0 Å². The van der Waals surface area contributed by atoms with Gasteiger partial charge < -0.3 is 20.3 Å². The lowest BCUT2D eigenvalue weighted by atomic mass is 10.1. The number of ether oxygens (including phenoxy) is 1. The van der Waals surface area contributed by atoms with Gasteiger partial charge in [0.05, 0.1) is 7.11 Å². The molecule has 1 aliphatic heterocycles. The number of likely N-dealkylation sites (tertiary alicyclic amines) is 1. The molecule has 1 aromatic rings. The largest absolute Gasteiger partial charge is 0.497 e. The Morgan fingerprint density at radius 2 is 2.06 bits per heavy atom. The average Bonchev–Trinajstić information content (AvgIpc) is 2.25. The molecule has 0 aromatic heterocycles. The van der Waals surface area contributed by atoms with Gasteiger partial charge in [0.2, 0.25) is 0 Å². The summed E-state index contributed by atoms with van der Waals surface area (Å²) in [5.41, 5.74) is 6.88. The lowest BCUT2D eigenvalue weighted by molar-refractivity contribution is 0.0399. The predicted octanol–water partition coefficient (Wildman–Crippen LogP) is 0.663. The number of anilines is 1. The molecule has 1 aromatic carbocycles. The molecule has 0 aliphatic carbocycles. The normalized spacial score (nSPS) is 15.7. The third-order valence-electron chi connectivity index (χ3n) is 3.29. The first-order valence-electron chi connectivity index (χ1n) is 5.91. The molecule has 1 heterocycles. The minimum absolute atomic E-state index is 0.0127. The smallest absolute Gasteiger partial charge is 0.254 e. The molecule has 2 N–H and O–H groups in total. The number of carbonyl (C=O) groups excluding carboxylic acids is 1. The highest BCUT2D eigenvalue weighted by Crippen LogP contribution is 2.22. The van der Waals surface area contributed by atoms with Crippen LogP contribution in [-0.2, 0) is 0 Å². The maximum Gasteiger partial charge on any atom is 0.254 e. The molecule has 98 valence electrons. The van der Waals surface area contributed by atoms with Crippen molar-refractivity contribution in [3.8, 4) is 5.75 Å². The zero-order valence-electron chi connectivity index (χ0n) is 11.0. The number of likely N-dealkylation sites (N-methyl/N-ethyl adjacent to an activating group) is 1. The first kappa shape index (κ1) is 12.7. The molecule has 0 bridgehead atoms. The van der Waals surface area contributed by atoms with Crippen molar-refractivity contribution in [2.45, 2.75) is 6.04 Å². The van der Waals surface area contributed by atoms with E-state index in [2.05, 4.69) is 4.90 Å². The van der Waals surface area contributed by atoms with Crippen LogP contribution >= 0.6 is 0 Å². The molecule has 1 saturated heterocycles. The lowest BCUT2D eigenvalue weighted by Crippen LogP contribution is -2.59. The number of nitrogens with zero attached hydrogens (tertiary/aromatic N) is 2. The fourth-order valence-electron chi connectivity index (χ4n) is 1.99. The van der Waals surface area contributed by atoms with Crippen molar-refractivity contribution in [3.05, 3.63) is 23.8 Å². The predicted molar refractivity (Wildman–Crippen MR) is 70.8 cm³/mol. The molecule has 0 spiro atoms. The van der Waals surface area contributed by atoms with Gasteiger partial charge in [0.15, 0.2) is 0 Å². The minimum Gasteiger partial charge on any atom is -0.497 e. The van der Waals surface area contributed by atoms with E-state index in [1.54, 1.807) is 25.3 Å². The van der Waals surface area contributed by atoms with Gasteiger partial charge in [-0.1, -0.05) is 0 Å². The summed E-state index contributed by atoms with van der Waals surface area (Å²) in [4.78, 5) is 16.2. The molecule has 1 amide bonds. The fourth-order valence-corrected chi connectivity index (χ4v) is 1.99. The number of rotatable bonds is 3. The van der Waals surface area contributed by atoms with Gasteiger partial charge in [0, 0.05) is 36.4 Å². The summed E-state index contributed by atoms with van der Waals surface area (Å²) in [6, 6.07) is 5.57. The van der Waals surface area contributed by atoms with E-state index in [9.17, 15) is 4.79 Å². The van der Waals surface area contributed by atoms with Crippen molar-refractivity contribution >= 4 is 11.6 Å². The fraction of sp³-hybridized carbons (Fsp3) is 0.462. The van der Waals surface area contributed by atoms with E-state index in [-0.39, 0.29) is 5.91 Å². The Kier molecular flexibility index (Phi) is 3.43. The molecule has 5 nitrogen and oxygen atoms in total. The van der Waals surface area contributed by atoms with Gasteiger partial charge in [-0.05, 0) is 26.2 Å². The monoisotopic (exact) mass is 249 g/mol. The molecular formula is C13H19N3O2. The summed E-state index contributed by atoms with van der Waals surface area (Å²) in [6.07, 6.45) is 0. The second kappa shape index (κ2) is 4.86. The van der Waals surface area contributed by atoms with Crippen LogP contribution in [0.1, 0.15) is 10.4 Å². The topological polar surface area (TPSA) is 58.8 Å². The van der Waals surface area contributed by atoms with Crippen molar-refractivity contribution in [3.63, 3.8) is 0 Å². The van der Waals surface area contributed by atoms with Gasteiger partial charge in [-0.15, -0.1) is 0 Å². The van der Waals surface area contributed by atoms with E-state index in [4.69, 9.17) is 10.5 Å². The maximum atomic E-state index is 12.2. The van der Waals surface area contributed by atoms with E-state index in [0.717, 1.165) is 13.1 Å². The van der Waals surface area contributed by atoms with E-state index >= 15 is 0 Å². The Hall–Kier alpha value is -1.75. The van der Waals surface area contributed by atoms with Crippen LogP contribution in [0.25, 0.3) is 0 Å². The summed E-state index contributed by atoms with van der Waals surface area (Å²) in [7, 11) is 5.61. The summed E-state index contributed by atoms with van der Waals surface area (Å²) in [5, 5.41) is 0. The van der Waals surface area contributed by atoms with Crippen LogP contribution < -0.4 is 10.5 Å². The number of nitrogens with two attached hydrogens (primary N) is 1. The number of hydrogen-bond donors (Lipinski definition) is 1. The number of benzene rings is 1. The highest BCUT2D eigenvalue weighted by atomic mass is 16.5. The quantitative estimate of drug-likeness (QED) is 0.800. The van der Waals surface area contributed by atoms with Crippen molar-refractivity contribution < 1.29 is 9.53 Å². The standard InChI is InChI=1S/C13H19N3O2/c1-15(2)11-7-16(8-11)13(17)9-4-10(14)6-12(5-9)18-3/h4-6,11H,7-8,14H2,1-3H3. The SMILES string of the molecule is COc1cc(N)cc(C(=O)N2CC(N(C)C)C2)c1. The van der Waals surface area contributed by atoms with Gasteiger partial charge in [0.1, 0.15) is 5.75 Å². The summed E-state index contributed by atoms with van der Waals surface area (Å²) >= 11 is 0. The Morgan fingerprint density at radius 1 is 1.39 bits per heavy atom. The summed E-state index contributed by atoms with van der Waals surface area (Å²) in [5.74, 6) is 0.627. The Bertz CT molecular complexity index is 454. The van der Waals surface area contributed by atoms with Crippen LogP contribution in [-0.4, -0.2) is 56.0 Å². The third kappa shape index (κ3) is 2.41. The van der Waals surface area contributed by atoms with Crippen molar-refractivity contribution in [1.82, 2.24) is 9.80 Å². The first-order valence-corrected chi connectivity index (χ1v) is 5.91. The zero-order valence-corrected chi connectivity index (χ0v) is 11.0.